The first-order valence-electron chi connectivity index (χ1n) is 9.39. The first-order valence-corrected chi connectivity index (χ1v) is 12.3. The highest BCUT2D eigenvalue weighted by Crippen LogP contribution is 2.40. The minimum absolute atomic E-state index is 0.157. The maximum atomic E-state index is 6.47. The zero-order valence-electron chi connectivity index (χ0n) is 17.0. The number of hydrogen-bond acceptors (Lipinski definition) is 2. The van der Waals surface area contributed by atoms with Gasteiger partial charge in [-0.1, -0.05) is 69.3 Å². The van der Waals surface area contributed by atoms with Gasteiger partial charge in [0.2, 0.25) is 0 Å². The first-order chi connectivity index (χ1) is 12.2. The number of allylic oxidation sites excluding steroid dienone is 1. The summed E-state index contributed by atoms with van der Waals surface area (Å²) in [4.78, 5) is 0. The van der Waals surface area contributed by atoms with E-state index in [9.17, 15) is 0 Å². The lowest BCUT2D eigenvalue weighted by atomic mass is 10.1. The maximum absolute atomic E-state index is 6.47. The lowest BCUT2D eigenvalue weighted by Crippen LogP contribution is -2.43. The zero-order valence-corrected chi connectivity index (χ0v) is 18.0. The highest BCUT2D eigenvalue weighted by atomic mass is 28.4. The molecular formula is C23H32O2Si. The average molecular weight is 369 g/mol. The summed E-state index contributed by atoms with van der Waals surface area (Å²) in [5.74, 6) is 1.69. The van der Waals surface area contributed by atoms with Crippen molar-refractivity contribution in [3.63, 3.8) is 0 Å². The van der Waals surface area contributed by atoms with E-state index in [-0.39, 0.29) is 5.04 Å². The molecule has 2 aromatic carbocycles. The van der Waals surface area contributed by atoms with Crippen LogP contribution in [0.5, 0.6) is 11.5 Å². The van der Waals surface area contributed by atoms with E-state index in [4.69, 9.17) is 9.16 Å². The topological polar surface area (TPSA) is 18.5 Å². The highest BCUT2D eigenvalue weighted by Gasteiger charge is 2.39. The van der Waals surface area contributed by atoms with Crippen molar-refractivity contribution in [2.45, 2.75) is 52.2 Å². The molecule has 140 valence electrons. The van der Waals surface area contributed by atoms with Gasteiger partial charge in [-0.25, -0.2) is 0 Å². The fraction of sp³-hybridized carbons (Fsp3) is 0.391. The summed E-state index contributed by atoms with van der Waals surface area (Å²) in [6.45, 7) is 13.9. The van der Waals surface area contributed by atoms with Crippen LogP contribution in [-0.4, -0.2) is 14.9 Å². The summed E-state index contributed by atoms with van der Waals surface area (Å²) in [7, 11) is -1.89. The van der Waals surface area contributed by atoms with Gasteiger partial charge in [0.05, 0.1) is 6.61 Å². The molecule has 2 nitrogen and oxygen atoms in total. The molecule has 0 fully saturated rings. The predicted octanol–water partition coefficient (Wildman–Crippen LogP) is 6.73. The van der Waals surface area contributed by atoms with Crippen LogP contribution in [0.2, 0.25) is 18.1 Å². The van der Waals surface area contributed by atoms with Gasteiger partial charge in [0.1, 0.15) is 5.75 Å². The van der Waals surface area contributed by atoms with E-state index < -0.39 is 8.32 Å². The van der Waals surface area contributed by atoms with Gasteiger partial charge in [0, 0.05) is 0 Å². The number of rotatable bonds is 7. The minimum Gasteiger partial charge on any atom is -0.541 e. The Balaban J connectivity index is 2.17. The third-order valence-electron chi connectivity index (χ3n) is 4.95. The summed E-state index contributed by atoms with van der Waals surface area (Å²) in [6.07, 6.45) is 5.26. The van der Waals surface area contributed by atoms with Crippen molar-refractivity contribution in [3.8, 4) is 11.5 Å². The van der Waals surface area contributed by atoms with Crippen molar-refractivity contribution in [2.24, 2.45) is 0 Å². The predicted molar refractivity (Wildman–Crippen MR) is 115 cm³/mol. The standard InChI is InChI=1S/C23H32O2Si/c1-7-24-22-18-20(15-11-14-19-12-9-8-10-13-19)16-17-21(22)25-26(5,6)23(2,3)4/h8-13,15-18H,7,14H2,1-6H3/b15-11+. The maximum Gasteiger partial charge on any atom is 0.250 e. The molecule has 0 bridgehead atoms. The van der Waals surface area contributed by atoms with Crippen LogP contribution in [0.4, 0.5) is 0 Å². The quantitative estimate of drug-likeness (QED) is 0.505. The van der Waals surface area contributed by atoms with Crippen molar-refractivity contribution in [1.29, 1.82) is 0 Å². The minimum atomic E-state index is -1.89. The van der Waals surface area contributed by atoms with Crippen LogP contribution in [0.15, 0.2) is 54.6 Å². The van der Waals surface area contributed by atoms with Crippen molar-refractivity contribution in [3.05, 3.63) is 65.7 Å². The van der Waals surface area contributed by atoms with Gasteiger partial charge in [-0.3, -0.25) is 0 Å². The van der Waals surface area contributed by atoms with Crippen molar-refractivity contribution >= 4 is 14.4 Å². The van der Waals surface area contributed by atoms with Crippen LogP contribution in [0.25, 0.3) is 6.08 Å². The SMILES string of the molecule is CCOc1cc(/C=C/Cc2ccccc2)ccc1O[Si](C)(C)C(C)(C)C. The Bertz CT molecular complexity index is 728. The van der Waals surface area contributed by atoms with E-state index in [0.717, 1.165) is 23.5 Å². The molecule has 0 radical (unpaired) electrons. The fourth-order valence-electron chi connectivity index (χ4n) is 2.35. The van der Waals surface area contributed by atoms with Crippen LogP contribution in [0.3, 0.4) is 0 Å². The lowest BCUT2D eigenvalue weighted by molar-refractivity contribution is 0.325. The lowest BCUT2D eigenvalue weighted by Gasteiger charge is -2.36. The molecule has 2 aromatic rings. The summed E-state index contributed by atoms with van der Waals surface area (Å²) in [6, 6.07) is 16.7. The monoisotopic (exact) mass is 368 g/mol. The van der Waals surface area contributed by atoms with E-state index in [0.29, 0.717) is 6.61 Å². The Kier molecular flexibility index (Phi) is 6.71. The average Bonchev–Trinajstić information content (AvgIpc) is 2.57. The highest BCUT2D eigenvalue weighted by molar-refractivity contribution is 6.74. The van der Waals surface area contributed by atoms with E-state index >= 15 is 0 Å². The van der Waals surface area contributed by atoms with Crippen molar-refractivity contribution in [1.82, 2.24) is 0 Å². The van der Waals surface area contributed by atoms with Crippen LogP contribution < -0.4 is 9.16 Å². The molecule has 0 saturated heterocycles. The van der Waals surface area contributed by atoms with Gasteiger partial charge >= 0.3 is 0 Å². The van der Waals surface area contributed by atoms with Gasteiger partial charge in [0.15, 0.2) is 5.75 Å². The molecular weight excluding hydrogens is 336 g/mol. The second-order valence-electron chi connectivity index (χ2n) is 8.09. The van der Waals surface area contributed by atoms with Gasteiger partial charge in [-0.2, -0.15) is 0 Å². The molecule has 0 amide bonds. The molecule has 0 aliphatic heterocycles. The molecule has 0 aromatic heterocycles. The normalized spacial score (nSPS) is 12.4. The Morgan fingerprint density at radius 2 is 1.65 bits per heavy atom. The molecule has 26 heavy (non-hydrogen) atoms. The van der Waals surface area contributed by atoms with Crippen LogP contribution in [0, 0.1) is 0 Å². The number of hydrogen-bond donors (Lipinski definition) is 0. The molecule has 3 heteroatoms. The second-order valence-corrected chi connectivity index (χ2v) is 12.8. The third kappa shape index (κ3) is 5.50. The van der Waals surface area contributed by atoms with E-state index in [1.807, 2.05) is 19.1 Å². The Hall–Kier alpha value is -2.00. The molecule has 0 unspecified atom stereocenters. The molecule has 0 saturated carbocycles. The third-order valence-corrected chi connectivity index (χ3v) is 9.29. The number of ether oxygens (including phenoxy) is 1. The van der Waals surface area contributed by atoms with E-state index in [1.165, 1.54) is 5.56 Å². The first kappa shape index (κ1) is 20.3. The van der Waals surface area contributed by atoms with Gasteiger partial charge in [0.25, 0.3) is 8.32 Å². The van der Waals surface area contributed by atoms with Gasteiger partial charge in [-0.05, 0) is 54.7 Å². The summed E-state index contributed by atoms with van der Waals surface area (Å²) < 4.78 is 12.3. The summed E-state index contributed by atoms with van der Waals surface area (Å²) >= 11 is 0. The molecule has 0 spiro atoms. The molecule has 0 aliphatic rings. The van der Waals surface area contributed by atoms with Crippen LogP contribution >= 0.6 is 0 Å². The smallest absolute Gasteiger partial charge is 0.250 e. The van der Waals surface area contributed by atoms with Crippen LogP contribution in [-0.2, 0) is 6.42 Å². The molecule has 0 N–H and O–H groups in total. The molecule has 0 aliphatic carbocycles. The van der Waals surface area contributed by atoms with E-state index in [2.05, 4.69) is 82.4 Å². The Morgan fingerprint density at radius 1 is 0.962 bits per heavy atom. The fourth-order valence-corrected chi connectivity index (χ4v) is 3.38. The molecule has 0 heterocycles. The molecule has 0 atom stereocenters. The summed E-state index contributed by atoms with van der Waals surface area (Å²) in [5.41, 5.74) is 2.44. The van der Waals surface area contributed by atoms with Gasteiger partial charge < -0.3 is 9.16 Å². The Morgan fingerprint density at radius 3 is 2.27 bits per heavy atom. The molecule has 2 rings (SSSR count). The van der Waals surface area contributed by atoms with E-state index in [1.54, 1.807) is 0 Å². The number of benzene rings is 2. The van der Waals surface area contributed by atoms with Crippen LogP contribution in [0.1, 0.15) is 38.8 Å². The summed E-state index contributed by atoms with van der Waals surface area (Å²) in [5, 5.41) is 0.157. The Labute approximate surface area is 160 Å². The zero-order chi connectivity index (χ0) is 19.2. The largest absolute Gasteiger partial charge is 0.541 e. The second kappa shape index (κ2) is 8.59. The van der Waals surface area contributed by atoms with Crippen molar-refractivity contribution in [2.75, 3.05) is 6.61 Å². The van der Waals surface area contributed by atoms with Gasteiger partial charge in [-0.15, -0.1) is 0 Å². The van der Waals surface area contributed by atoms with Crippen molar-refractivity contribution < 1.29 is 9.16 Å².